The minimum Gasteiger partial charge on any atom is -0.386 e. The van der Waals surface area contributed by atoms with E-state index >= 15 is 0 Å². The van der Waals surface area contributed by atoms with E-state index in [0.29, 0.717) is 22.0 Å². The highest BCUT2D eigenvalue weighted by atomic mass is 35.5. The molecule has 20 heavy (non-hydrogen) atoms. The number of halogens is 1. The molecule has 0 bridgehead atoms. The van der Waals surface area contributed by atoms with Gasteiger partial charge >= 0.3 is 0 Å². The molecule has 0 spiro atoms. The number of rotatable bonds is 4. The van der Waals surface area contributed by atoms with Gasteiger partial charge in [-0.05, 0) is 36.8 Å². The molecule has 0 unspecified atom stereocenters. The summed E-state index contributed by atoms with van der Waals surface area (Å²) in [5.41, 5.74) is 1.53. The van der Waals surface area contributed by atoms with Gasteiger partial charge in [0.2, 0.25) is 0 Å². The molecule has 1 heterocycles. The Kier molecular flexibility index (Phi) is 4.15. The summed E-state index contributed by atoms with van der Waals surface area (Å²) < 4.78 is 27.3. The van der Waals surface area contributed by atoms with Crippen LogP contribution in [-0.2, 0) is 10.0 Å². The smallest absolute Gasteiger partial charge is 0.281 e. The maximum Gasteiger partial charge on any atom is 0.281 e. The summed E-state index contributed by atoms with van der Waals surface area (Å²) in [6, 6.07) is 8.35. The van der Waals surface area contributed by atoms with E-state index < -0.39 is 10.0 Å². The van der Waals surface area contributed by atoms with Crippen molar-refractivity contribution in [2.24, 2.45) is 0 Å². The first-order chi connectivity index (χ1) is 9.45. The monoisotopic (exact) mass is 311 g/mol. The molecule has 0 radical (unpaired) electrons. The van der Waals surface area contributed by atoms with Gasteiger partial charge in [-0.25, -0.2) is 4.98 Å². The summed E-state index contributed by atoms with van der Waals surface area (Å²) in [4.78, 5) is 3.92. The summed E-state index contributed by atoms with van der Waals surface area (Å²) in [6.45, 7) is 1.75. The predicted molar refractivity (Wildman–Crippen MR) is 80.8 cm³/mol. The van der Waals surface area contributed by atoms with Gasteiger partial charge in [-0.15, -0.1) is 0 Å². The average molecular weight is 312 g/mol. The molecule has 5 nitrogen and oxygen atoms in total. The maximum absolute atomic E-state index is 12.4. The number of sulfonamides is 1. The van der Waals surface area contributed by atoms with E-state index in [1.165, 1.54) is 6.20 Å². The zero-order chi connectivity index (χ0) is 14.8. The molecule has 2 aromatic rings. The molecule has 0 fully saturated rings. The Bertz CT molecular complexity index is 732. The van der Waals surface area contributed by atoms with E-state index in [4.69, 9.17) is 11.6 Å². The molecule has 0 aliphatic heterocycles. The van der Waals surface area contributed by atoms with Gasteiger partial charge in [-0.3, -0.25) is 4.72 Å². The molecule has 0 saturated carbocycles. The molecule has 0 amide bonds. The van der Waals surface area contributed by atoms with Crippen molar-refractivity contribution >= 4 is 33.0 Å². The summed E-state index contributed by atoms with van der Waals surface area (Å²) in [5, 5.41) is 3.25. The van der Waals surface area contributed by atoms with Crippen LogP contribution in [0.25, 0.3) is 0 Å². The topological polar surface area (TPSA) is 71.1 Å². The first kappa shape index (κ1) is 14.6. The van der Waals surface area contributed by atoms with Crippen molar-refractivity contribution < 1.29 is 8.42 Å². The normalized spacial score (nSPS) is 11.2. The van der Waals surface area contributed by atoms with E-state index in [1.54, 1.807) is 44.3 Å². The second kappa shape index (κ2) is 5.68. The molecule has 1 aromatic carbocycles. The second-order valence-electron chi connectivity index (χ2n) is 4.12. The van der Waals surface area contributed by atoms with E-state index in [0.717, 1.165) is 0 Å². The summed E-state index contributed by atoms with van der Waals surface area (Å²) in [7, 11) is -2.14. The van der Waals surface area contributed by atoms with Crippen molar-refractivity contribution in [3.05, 3.63) is 47.1 Å². The predicted octanol–water partition coefficient (Wildman–Crippen LogP) is 2.89. The molecule has 0 aliphatic carbocycles. The Hall–Kier alpha value is -1.79. The third-order valence-electron chi connectivity index (χ3n) is 2.81. The van der Waals surface area contributed by atoms with Crippen LogP contribution < -0.4 is 10.0 Å². The van der Waals surface area contributed by atoms with E-state index in [1.807, 2.05) is 0 Å². The fourth-order valence-electron chi connectivity index (χ4n) is 1.71. The highest BCUT2D eigenvalue weighted by molar-refractivity contribution is 7.92. The van der Waals surface area contributed by atoms with Crippen LogP contribution in [0.1, 0.15) is 5.56 Å². The van der Waals surface area contributed by atoms with Crippen molar-refractivity contribution in [3.8, 4) is 0 Å². The van der Waals surface area contributed by atoms with Gasteiger partial charge in [0.05, 0.1) is 11.4 Å². The van der Waals surface area contributed by atoms with Crippen LogP contribution in [-0.4, -0.2) is 20.4 Å². The number of anilines is 2. The van der Waals surface area contributed by atoms with E-state index in [2.05, 4.69) is 15.0 Å². The quantitative estimate of drug-likeness (QED) is 0.911. The summed E-state index contributed by atoms with van der Waals surface area (Å²) in [6.07, 6.45) is 1.43. The number of nitrogens with zero attached hydrogens (tertiary/aromatic N) is 1. The zero-order valence-corrected chi connectivity index (χ0v) is 12.6. The van der Waals surface area contributed by atoms with Crippen LogP contribution in [0.3, 0.4) is 0 Å². The minimum atomic E-state index is -3.78. The number of aromatic nitrogens is 1. The second-order valence-corrected chi connectivity index (χ2v) is 6.13. The van der Waals surface area contributed by atoms with Crippen LogP contribution in [0.5, 0.6) is 0 Å². The molecule has 0 saturated heterocycles. The van der Waals surface area contributed by atoms with Crippen molar-refractivity contribution in [2.45, 2.75) is 11.9 Å². The van der Waals surface area contributed by atoms with Gasteiger partial charge in [0.25, 0.3) is 10.0 Å². The Balaban J connectivity index is 2.44. The van der Waals surface area contributed by atoms with Gasteiger partial charge in [0.15, 0.2) is 5.03 Å². The van der Waals surface area contributed by atoms with Crippen molar-refractivity contribution in [1.82, 2.24) is 4.98 Å². The van der Waals surface area contributed by atoms with E-state index in [-0.39, 0.29) is 5.03 Å². The highest BCUT2D eigenvalue weighted by Gasteiger charge is 2.20. The maximum atomic E-state index is 12.4. The third kappa shape index (κ3) is 2.86. The molecule has 106 valence electrons. The lowest BCUT2D eigenvalue weighted by atomic mass is 10.2. The van der Waals surface area contributed by atoms with E-state index in [9.17, 15) is 8.42 Å². The van der Waals surface area contributed by atoms with Gasteiger partial charge in [0.1, 0.15) is 0 Å². The lowest BCUT2D eigenvalue weighted by Crippen LogP contribution is -2.17. The number of hydrogen-bond donors (Lipinski definition) is 2. The van der Waals surface area contributed by atoms with Crippen molar-refractivity contribution in [2.75, 3.05) is 17.1 Å². The molecule has 0 atom stereocenters. The summed E-state index contributed by atoms with van der Waals surface area (Å²) in [5.74, 6) is 0. The average Bonchev–Trinajstić information content (AvgIpc) is 2.43. The van der Waals surface area contributed by atoms with Gasteiger partial charge < -0.3 is 5.32 Å². The van der Waals surface area contributed by atoms with Crippen LogP contribution in [0.4, 0.5) is 11.4 Å². The highest BCUT2D eigenvalue weighted by Crippen LogP contribution is 2.26. The van der Waals surface area contributed by atoms with Crippen LogP contribution in [0.2, 0.25) is 5.02 Å². The molecule has 7 heteroatoms. The van der Waals surface area contributed by atoms with Gasteiger partial charge in [-0.1, -0.05) is 17.7 Å². The Morgan fingerprint density at radius 1 is 1.15 bits per heavy atom. The minimum absolute atomic E-state index is 0.0538. The largest absolute Gasteiger partial charge is 0.386 e. The lowest BCUT2D eigenvalue weighted by molar-refractivity contribution is 0.598. The fraction of sp³-hybridized carbons (Fsp3) is 0.154. The molecular formula is C13H14ClN3O2S. The molecular weight excluding hydrogens is 298 g/mol. The Labute approximate surface area is 123 Å². The Morgan fingerprint density at radius 3 is 2.55 bits per heavy atom. The zero-order valence-electron chi connectivity index (χ0n) is 11.0. The van der Waals surface area contributed by atoms with Gasteiger partial charge in [-0.2, -0.15) is 8.42 Å². The van der Waals surface area contributed by atoms with Crippen LogP contribution in [0, 0.1) is 6.92 Å². The summed E-state index contributed by atoms with van der Waals surface area (Å²) >= 11 is 5.98. The van der Waals surface area contributed by atoms with Crippen molar-refractivity contribution in [3.63, 3.8) is 0 Å². The lowest BCUT2D eigenvalue weighted by Gasteiger charge is -2.13. The van der Waals surface area contributed by atoms with Crippen LogP contribution >= 0.6 is 11.6 Å². The first-order valence-electron chi connectivity index (χ1n) is 5.86. The molecule has 1 aromatic heterocycles. The van der Waals surface area contributed by atoms with Gasteiger partial charge in [0, 0.05) is 18.3 Å². The Morgan fingerprint density at radius 2 is 1.85 bits per heavy atom. The number of hydrogen-bond acceptors (Lipinski definition) is 4. The SMILES string of the molecule is CNc1cccnc1S(=O)(=O)Nc1cccc(Cl)c1C. The number of benzene rings is 1. The fourth-order valence-corrected chi connectivity index (χ4v) is 3.15. The van der Waals surface area contributed by atoms with Crippen molar-refractivity contribution in [1.29, 1.82) is 0 Å². The third-order valence-corrected chi connectivity index (χ3v) is 4.54. The molecule has 2 rings (SSSR count). The molecule has 0 aliphatic rings. The number of nitrogens with one attached hydrogen (secondary N) is 2. The molecule has 2 N–H and O–H groups in total. The number of pyridine rings is 1. The first-order valence-corrected chi connectivity index (χ1v) is 7.72. The van der Waals surface area contributed by atoms with Crippen LogP contribution in [0.15, 0.2) is 41.6 Å². The standard InChI is InChI=1S/C13H14ClN3O2S/c1-9-10(14)5-3-6-11(9)17-20(18,19)13-12(15-2)7-4-8-16-13/h3-8,15,17H,1-2H3.